The van der Waals surface area contributed by atoms with Crippen molar-refractivity contribution in [2.75, 3.05) is 24.2 Å². The summed E-state index contributed by atoms with van der Waals surface area (Å²) in [4.78, 5) is 13.1. The van der Waals surface area contributed by atoms with Crippen LogP contribution in [0.25, 0.3) is 22.2 Å². The van der Waals surface area contributed by atoms with Gasteiger partial charge in [-0.25, -0.2) is 4.98 Å². The number of nitrogens with zero attached hydrogens (tertiary/aromatic N) is 3. The Morgan fingerprint density at radius 3 is 2.38 bits per heavy atom. The molecular formula is C20H21N3S. The molecule has 2 aromatic carbocycles. The van der Waals surface area contributed by atoms with Gasteiger partial charge in [0.05, 0.1) is 17.2 Å². The number of piperidine rings is 1. The lowest BCUT2D eigenvalue weighted by molar-refractivity contribution is 0.573. The Bertz CT molecular complexity index is 839. The minimum absolute atomic E-state index is 0.959. The first-order valence-electron chi connectivity index (χ1n) is 8.50. The van der Waals surface area contributed by atoms with Crippen molar-refractivity contribution in [2.24, 2.45) is 0 Å². The van der Waals surface area contributed by atoms with Gasteiger partial charge in [-0.1, -0.05) is 18.2 Å². The molecule has 0 radical (unpaired) electrons. The molecule has 0 N–H and O–H groups in total. The van der Waals surface area contributed by atoms with E-state index in [2.05, 4.69) is 58.6 Å². The molecule has 4 heteroatoms. The molecule has 1 aromatic heterocycles. The van der Waals surface area contributed by atoms with E-state index >= 15 is 0 Å². The maximum absolute atomic E-state index is 4.88. The molecule has 1 fully saturated rings. The molecule has 0 unspecified atom stereocenters. The van der Waals surface area contributed by atoms with Gasteiger partial charge in [-0.15, -0.1) is 11.8 Å². The highest BCUT2D eigenvalue weighted by Gasteiger charge is 2.13. The van der Waals surface area contributed by atoms with Crippen LogP contribution in [-0.4, -0.2) is 29.3 Å². The largest absolute Gasteiger partial charge is 0.355 e. The van der Waals surface area contributed by atoms with Crippen molar-refractivity contribution < 1.29 is 0 Å². The van der Waals surface area contributed by atoms with Gasteiger partial charge in [0.25, 0.3) is 0 Å². The first kappa shape index (κ1) is 15.5. The molecule has 122 valence electrons. The van der Waals surface area contributed by atoms with Gasteiger partial charge in [-0.2, -0.15) is 0 Å². The number of benzene rings is 2. The maximum Gasteiger partial charge on any atom is 0.147 e. The van der Waals surface area contributed by atoms with Gasteiger partial charge >= 0.3 is 0 Å². The number of fused-ring (bicyclic) bond motifs is 1. The van der Waals surface area contributed by atoms with E-state index < -0.39 is 0 Å². The molecule has 0 spiro atoms. The minimum Gasteiger partial charge on any atom is -0.355 e. The summed E-state index contributed by atoms with van der Waals surface area (Å²) in [5.41, 5.74) is 4.35. The molecule has 2 heterocycles. The van der Waals surface area contributed by atoms with Crippen LogP contribution < -0.4 is 4.90 Å². The molecule has 3 nitrogen and oxygen atoms in total. The molecule has 1 saturated heterocycles. The number of rotatable bonds is 3. The Morgan fingerprint density at radius 2 is 1.62 bits per heavy atom. The van der Waals surface area contributed by atoms with Gasteiger partial charge in [0.1, 0.15) is 5.82 Å². The van der Waals surface area contributed by atoms with E-state index in [1.807, 2.05) is 6.20 Å². The van der Waals surface area contributed by atoms with Crippen molar-refractivity contribution in [1.82, 2.24) is 9.97 Å². The standard InChI is InChI=1S/C20H21N3S/c1-24-17-8-5-15(6-9-17)16-7-10-18-19(13-16)22-20(14-21-18)23-11-3-2-4-12-23/h5-10,13-14H,2-4,11-12H2,1H3. The highest BCUT2D eigenvalue weighted by atomic mass is 32.2. The molecular weight excluding hydrogens is 314 g/mol. The van der Waals surface area contributed by atoms with Gasteiger partial charge in [0.2, 0.25) is 0 Å². The van der Waals surface area contributed by atoms with Gasteiger partial charge in [0.15, 0.2) is 0 Å². The van der Waals surface area contributed by atoms with Crippen LogP contribution in [0.3, 0.4) is 0 Å². The fraction of sp³-hybridized carbons (Fsp3) is 0.300. The van der Waals surface area contributed by atoms with Gasteiger partial charge in [-0.05, 0) is 60.9 Å². The van der Waals surface area contributed by atoms with Crippen LogP contribution in [0, 0.1) is 0 Å². The van der Waals surface area contributed by atoms with Crippen LogP contribution in [0.1, 0.15) is 19.3 Å². The van der Waals surface area contributed by atoms with Gasteiger partial charge in [-0.3, -0.25) is 4.98 Å². The molecule has 24 heavy (non-hydrogen) atoms. The van der Waals surface area contributed by atoms with Gasteiger partial charge < -0.3 is 4.90 Å². The summed E-state index contributed by atoms with van der Waals surface area (Å²) in [5, 5.41) is 0. The normalized spacial score (nSPS) is 15.0. The Kier molecular flexibility index (Phi) is 4.39. The highest BCUT2D eigenvalue weighted by molar-refractivity contribution is 7.98. The maximum atomic E-state index is 4.88. The van der Waals surface area contributed by atoms with Crippen LogP contribution in [0.5, 0.6) is 0 Å². The van der Waals surface area contributed by atoms with Crippen LogP contribution in [0.15, 0.2) is 53.6 Å². The van der Waals surface area contributed by atoms with E-state index in [0.29, 0.717) is 0 Å². The number of aromatic nitrogens is 2. The summed E-state index contributed by atoms with van der Waals surface area (Å²) in [7, 11) is 0. The average molecular weight is 335 g/mol. The van der Waals surface area contributed by atoms with Crippen molar-refractivity contribution in [3.05, 3.63) is 48.7 Å². The Balaban J connectivity index is 1.69. The molecule has 0 atom stereocenters. The molecule has 3 aromatic rings. The first-order valence-corrected chi connectivity index (χ1v) is 9.72. The monoisotopic (exact) mass is 335 g/mol. The van der Waals surface area contributed by atoms with Crippen LogP contribution in [0.4, 0.5) is 5.82 Å². The fourth-order valence-electron chi connectivity index (χ4n) is 3.24. The number of hydrogen-bond acceptors (Lipinski definition) is 4. The predicted octanol–water partition coefficient (Wildman–Crippen LogP) is 5.01. The van der Waals surface area contributed by atoms with E-state index in [4.69, 9.17) is 4.98 Å². The third kappa shape index (κ3) is 3.11. The minimum atomic E-state index is 0.959. The molecule has 0 aliphatic carbocycles. The summed E-state index contributed by atoms with van der Waals surface area (Å²) in [6, 6.07) is 15.0. The summed E-state index contributed by atoms with van der Waals surface area (Å²) >= 11 is 1.77. The van der Waals surface area contributed by atoms with Crippen molar-refractivity contribution in [2.45, 2.75) is 24.2 Å². The smallest absolute Gasteiger partial charge is 0.147 e. The fourth-order valence-corrected chi connectivity index (χ4v) is 3.65. The van der Waals surface area contributed by atoms with Crippen molar-refractivity contribution >= 4 is 28.6 Å². The van der Waals surface area contributed by atoms with E-state index in [1.54, 1.807) is 11.8 Å². The zero-order chi connectivity index (χ0) is 16.4. The van der Waals surface area contributed by atoms with Crippen LogP contribution in [-0.2, 0) is 0 Å². The number of anilines is 1. The SMILES string of the molecule is CSc1ccc(-c2ccc3ncc(N4CCCCC4)nc3c2)cc1. The van der Waals surface area contributed by atoms with E-state index in [1.165, 1.54) is 35.3 Å². The van der Waals surface area contributed by atoms with Crippen molar-refractivity contribution in [3.63, 3.8) is 0 Å². The summed E-state index contributed by atoms with van der Waals surface area (Å²) in [6.07, 6.45) is 7.85. The van der Waals surface area contributed by atoms with Crippen molar-refractivity contribution in [3.8, 4) is 11.1 Å². The third-order valence-corrected chi connectivity index (χ3v) is 5.38. The second kappa shape index (κ2) is 6.81. The molecule has 0 bridgehead atoms. The lowest BCUT2D eigenvalue weighted by atomic mass is 10.1. The summed E-state index contributed by atoms with van der Waals surface area (Å²) in [5.74, 6) is 1.01. The Hall–Kier alpha value is -2.07. The lowest BCUT2D eigenvalue weighted by Gasteiger charge is -2.27. The predicted molar refractivity (Wildman–Crippen MR) is 103 cm³/mol. The molecule has 1 aliphatic rings. The second-order valence-corrected chi connectivity index (χ2v) is 7.09. The third-order valence-electron chi connectivity index (χ3n) is 4.63. The van der Waals surface area contributed by atoms with E-state index in [9.17, 15) is 0 Å². The van der Waals surface area contributed by atoms with E-state index in [-0.39, 0.29) is 0 Å². The highest BCUT2D eigenvalue weighted by Crippen LogP contribution is 2.26. The van der Waals surface area contributed by atoms with Gasteiger partial charge in [0, 0.05) is 18.0 Å². The average Bonchev–Trinajstić information content (AvgIpc) is 2.68. The molecule has 4 rings (SSSR count). The second-order valence-electron chi connectivity index (χ2n) is 6.21. The molecule has 0 amide bonds. The topological polar surface area (TPSA) is 29.0 Å². The quantitative estimate of drug-likeness (QED) is 0.629. The lowest BCUT2D eigenvalue weighted by Crippen LogP contribution is -2.30. The zero-order valence-corrected chi connectivity index (χ0v) is 14.7. The number of hydrogen-bond donors (Lipinski definition) is 0. The first-order chi connectivity index (χ1) is 11.8. The number of thioether (sulfide) groups is 1. The molecule has 1 aliphatic heterocycles. The summed E-state index contributed by atoms with van der Waals surface area (Å²) in [6.45, 7) is 2.19. The van der Waals surface area contributed by atoms with Crippen LogP contribution in [0.2, 0.25) is 0 Å². The Morgan fingerprint density at radius 1 is 0.875 bits per heavy atom. The van der Waals surface area contributed by atoms with Crippen LogP contribution >= 0.6 is 11.8 Å². The molecule has 0 saturated carbocycles. The summed E-state index contributed by atoms with van der Waals surface area (Å²) < 4.78 is 0. The van der Waals surface area contributed by atoms with Crippen molar-refractivity contribution in [1.29, 1.82) is 0 Å². The zero-order valence-electron chi connectivity index (χ0n) is 13.9. The Labute approximate surface area is 147 Å². The van der Waals surface area contributed by atoms with E-state index in [0.717, 1.165) is 29.9 Å².